The van der Waals surface area contributed by atoms with E-state index in [1.54, 1.807) is 0 Å². The molecule has 116 valence electrons. The van der Waals surface area contributed by atoms with Crippen molar-refractivity contribution in [3.05, 3.63) is 0 Å². The summed E-state index contributed by atoms with van der Waals surface area (Å²) in [6.45, 7) is 9.43. The zero-order chi connectivity index (χ0) is 14.8. The minimum Gasteiger partial charge on any atom is -0.444 e. The Labute approximate surface area is 122 Å². The van der Waals surface area contributed by atoms with Crippen molar-refractivity contribution in [3.8, 4) is 0 Å². The maximum absolute atomic E-state index is 12.3. The van der Waals surface area contributed by atoms with Gasteiger partial charge in [0.05, 0.1) is 0 Å². The van der Waals surface area contributed by atoms with Gasteiger partial charge in [0.2, 0.25) is 0 Å². The van der Waals surface area contributed by atoms with Gasteiger partial charge < -0.3 is 19.9 Å². The fourth-order valence-electron chi connectivity index (χ4n) is 3.12. The number of hydrogen-bond donors (Lipinski definition) is 1. The van der Waals surface area contributed by atoms with Crippen LogP contribution < -0.4 is 5.32 Å². The van der Waals surface area contributed by atoms with Gasteiger partial charge in [0, 0.05) is 31.7 Å². The van der Waals surface area contributed by atoms with Crippen LogP contribution in [0.4, 0.5) is 4.79 Å². The fourth-order valence-corrected chi connectivity index (χ4v) is 3.12. The van der Waals surface area contributed by atoms with Crippen molar-refractivity contribution in [2.75, 3.05) is 33.2 Å². The smallest absolute Gasteiger partial charge is 0.410 e. The third-order valence-electron chi connectivity index (χ3n) is 4.19. The lowest BCUT2D eigenvalue weighted by atomic mass is 10.0. The first-order valence-corrected chi connectivity index (χ1v) is 7.77. The van der Waals surface area contributed by atoms with Crippen LogP contribution in [0, 0.1) is 0 Å². The molecule has 5 heteroatoms. The quantitative estimate of drug-likeness (QED) is 0.837. The van der Waals surface area contributed by atoms with Crippen molar-refractivity contribution < 1.29 is 9.53 Å². The lowest BCUT2D eigenvalue weighted by Crippen LogP contribution is -2.56. The molecule has 1 amide bonds. The zero-order valence-corrected chi connectivity index (χ0v) is 13.3. The molecule has 0 bridgehead atoms. The molecule has 5 nitrogen and oxygen atoms in total. The van der Waals surface area contributed by atoms with Gasteiger partial charge >= 0.3 is 6.09 Å². The van der Waals surface area contributed by atoms with Crippen molar-refractivity contribution in [2.45, 2.75) is 57.7 Å². The molecule has 0 radical (unpaired) electrons. The highest BCUT2D eigenvalue weighted by Gasteiger charge is 2.33. The molecule has 20 heavy (non-hydrogen) atoms. The fraction of sp³-hybridized carbons (Fsp3) is 0.933. The second-order valence-corrected chi connectivity index (χ2v) is 7.04. The van der Waals surface area contributed by atoms with Gasteiger partial charge in [-0.1, -0.05) is 0 Å². The topological polar surface area (TPSA) is 44.8 Å². The number of nitrogens with one attached hydrogen (secondary N) is 1. The van der Waals surface area contributed by atoms with E-state index in [-0.39, 0.29) is 12.1 Å². The number of carbonyl (C=O) groups is 1. The largest absolute Gasteiger partial charge is 0.444 e. The van der Waals surface area contributed by atoms with E-state index >= 15 is 0 Å². The number of rotatable bonds is 2. The van der Waals surface area contributed by atoms with E-state index in [0.29, 0.717) is 6.04 Å². The summed E-state index contributed by atoms with van der Waals surface area (Å²) in [5.74, 6) is 0. The average molecular weight is 283 g/mol. The third-order valence-corrected chi connectivity index (χ3v) is 4.19. The van der Waals surface area contributed by atoms with Crippen LogP contribution in [0.1, 0.15) is 40.0 Å². The van der Waals surface area contributed by atoms with E-state index in [0.717, 1.165) is 26.1 Å². The van der Waals surface area contributed by atoms with Crippen LogP contribution in [-0.2, 0) is 4.74 Å². The van der Waals surface area contributed by atoms with Gasteiger partial charge in [-0.15, -0.1) is 0 Å². The highest BCUT2D eigenvalue weighted by Crippen LogP contribution is 2.23. The Morgan fingerprint density at radius 2 is 2.05 bits per heavy atom. The Kier molecular flexibility index (Phi) is 4.91. The summed E-state index contributed by atoms with van der Waals surface area (Å²) in [6, 6.07) is 0.856. The molecule has 2 aliphatic heterocycles. The average Bonchev–Trinajstić information content (AvgIpc) is 2.73. The van der Waals surface area contributed by atoms with Gasteiger partial charge in [-0.2, -0.15) is 0 Å². The minimum absolute atomic E-state index is 0.162. The molecule has 0 aromatic carbocycles. The Morgan fingerprint density at radius 3 is 2.65 bits per heavy atom. The van der Waals surface area contributed by atoms with Crippen molar-refractivity contribution in [3.63, 3.8) is 0 Å². The monoisotopic (exact) mass is 283 g/mol. The molecule has 0 aromatic rings. The standard InChI is InChI=1S/C15H29N3O2/c1-15(2,3)20-14(19)18-9-7-16-11-13(18)10-12-6-5-8-17(12)4/h12-13,16H,5-11H2,1-4H3. The first kappa shape index (κ1) is 15.6. The Balaban J connectivity index is 1.96. The Bertz CT molecular complexity index is 341. The van der Waals surface area contributed by atoms with Gasteiger partial charge in [0.1, 0.15) is 5.60 Å². The molecule has 1 N–H and O–H groups in total. The van der Waals surface area contributed by atoms with Gasteiger partial charge in [0.15, 0.2) is 0 Å². The SMILES string of the molecule is CN1CCCC1CC1CNCCN1C(=O)OC(C)(C)C. The zero-order valence-electron chi connectivity index (χ0n) is 13.3. The maximum atomic E-state index is 12.3. The van der Waals surface area contributed by atoms with Crippen molar-refractivity contribution in [1.29, 1.82) is 0 Å². The summed E-state index contributed by atoms with van der Waals surface area (Å²) in [5, 5.41) is 3.40. The highest BCUT2D eigenvalue weighted by atomic mass is 16.6. The van der Waals surface area contributed by atoms with Crippen LogP contribution in [-0.4, -0.2) is 66.8 Å². The molecular weight excluding hydrogens is 254 g/mol. The van der Waals surface area contributed by atoms with E-state index in [1.165, 1.54) is 19.4 Å². The highest BCUT2D eigenvalue weighted by molar-refractivity contribution is 5.68. The third kappa shape index (κ3) is 4.09. The van der Waals surface area contributed by atoms with Crippen LogP contribution in [0.5, 0.6) is 0 Å². The van der Waals surface area contributed by atoms with Crippen LogP contribution in [0.3, 0.4) is 0 Å². The predicted octanol–water partition coefficient (Wildman–Crippen LogP) is 1.68. The number of nitrogens with zero attached hydrogens (tertiary/aromatic N) is 2. The summed E-state index contributed by atoms with van der Waals surface area (Å²) in [6.07, 6.45) is 3.40. The van der Waals surface area contributed by atoms with Crippen molar-refractivity contribution >= 4 is 6.09 Å². The minimum atomic E-state index is -0.420. The van der Waals surface area contributed by atoms with E-state index in [9.17, 15) is 4.79 Å². The second-order valence-electron chi connectivity index (χ2n) is 7.04. The Morgan fingerprint density at radius 1 is 1.30 bits per heavy atom. The van der Waals surface area contributed by atoms with E-state index < -0.39 is 5.60 Å². The first-order valence-electron chi connectivity index (χ1n) is 7.77. The van der Waals surface area contributed by atoms with Crippen molar-refractivity contribution in [1.82, 2.24) is 15.1 Å². The number of amides is 1. The lowest BCUT2D eigenvalue weighted by molar-refractivity contribution is 0.00887. The summed E-state index contributed by atoms with van der Waals surface area (Å²) >= 11 is 0. The molecular formula is C15H29N3O2. The normalized spacial score (nSPS) is 28.7. The summed E-state index contributed by atoms with van der Waals surface area (Å²) in [5.41, 5.74) is -0.420. The summed E-state index contributed by atoms with van der Waals surface area (Å²) in [4.78, 5) is 16.7. The molecule has 0 saturated carbocycles. The second kappa shape index (κ2) is 6.31. The number of piperazine rings is 1. The van der Waals surface area contributed by atoms with Gasteiger partial charge in [-0.25, -0.2) is 4.79 Å². The molecule has 2 heterocycles. The molecule has 2 fully saturated rings. The van der Waals surface area contributed by atoms with Gasteiger partial charge in [0.25, 0.3) is 0 Å². The van der Waals surface area contributed by atoms with Crippen molar-refractivity contribution in [2.24, 2.45) is 0 Å². The van der Waals surface area contributed by atoms with E-state index in [1.807, 2.05) is 25.7 Å². The van der Waals surface area contributed by atoms with Gasteiger partial charge in [-0.3, -0.25) is 0 Å². The van der Waals surface area contributed by atoms with Crippen LogP contribution in [0.2, 0.25) is 0 Å². The molecule has 2 aliphatic rings. The number of likely N-dealkylation sites (tertiary alicyclic amines) is 1. The molecule has 2 rings (SSSR count). The first-order chi connectivity index (χ1) is 9.37. The molecule has 2 unspecified atom stereocenters. The molecule has 2 saturated heterocycles. The molecule has 0 aliphatic carbocycles. The van der Waals surface area contributed by atoms with Crippen LogP contribution >= 0.6 is 0 Å². The number of hydrogen-bond acceptors (Lipinski definition) is 4. The van der Waals surface area contributed by atoms with E-state index in [4.69, 9.17) is 4.74 Å². The predicted molar refractivity (Wildman–Crippen MR) is 79.9 cm³/mol. The van der Waals surface area contributed by atoms with E-state index in [2.05, 4.69) is 17.3 Å². The summed E-state index contributed by atoms with van der Waals surface area (Å²) in [7, 11) is 2.19. The lowest BCUT2D eigenvalue weighted by Gasteiger charge is -2.39. The molecule has 0 aromatic heterocycles. The van der Waals surface area contributed by atoms with Gasteiger partial charge in [-0.05, 0) is 53.6 Å². The Hall–Kier alpha value is -0.810. The number of ether oxygens (including phenoxy) is 1. The molecule has 2 atom stereocenters. The number of carbonyl (C=O) groups excluding carboxylic acids is 1. The molecule has 0 spiro atoms. The summed E-state index contributed by atoms with van der Waals surface area (Å²) < 4.78 is 5.54. The van der Waals surface area contributed by atoms with Crippen LogP contribution in [0.15, 0.2) is 0 Å². The van der Waals surface area contributed by atoms with Crippen LogP contribution in [0.25, 0.3) is 0 Å². The maximum Gasteiger partial charge on any atom is 0.410 e.